The van der Waals surface area contributed by atoms with Crippen LogP contribution in [-0.4, -0.2) is 11.0 Å². The Morgan fingerprint density at radius 3 is 2.67 bits per heavy atom. The molecule has 0 atom stereocenters. The van der Waals surface area contributed by atoms with Crippen molar-refractivity contribution >= 4 is 5.91 Å². The van der Waals surface area contributed by atoms with Crippen LogP contribution < -0.4 is 5.32 Å². The zero-order chi connectivity index (χ0) is 13.0. The first-order valence-corrected chi connectivity index (χ1v) is 5.78. The van der Waals surface area contributed by atoms with Crippen molar-refractivity contribution in [2.45, 2.75) is 13.5 Å². The molecule has 3 nitrogen and oxygen atoms in total. The van der Waals surface area contributed by atoms with Crippen molar-refractivity contribution in [3.05, 3.63) is 65.2 Å². The van der Waals surface area contributed by atoms with E-state index in [-0.39, 0.29) is 11.7 Å². The Balaban J connectivity index is 2.03. The molecule has 2 aromatic rings. The molecule has 92 valence electrons. The molecule has 0 saturated carbocycles. The molecule has 0 radical (unpaired) electrons. The van der Waals surface area contributed by atoms with Gasteiger partial charge in [-0.15, -0.1) is 0 Å². The topological polar surface area (TPSA) is 49.3 Å². The van der Waals surface area contributed by atoms with Crippen LogP contribution in [0.1, 0.15) is 21.5 Å². The molecule has 0 unspecified atom stereocenters. The number of amides is 1. The minimum Gasteiger partial charge on any atom is -0.508 e. The molecule has 0 fully saturated rings. The third-order valence-corrected chi connectivity index (χ3v) is 2.75. The first-order valence-electron chi connectivity index (χ1n) is 5.78. The Kier molecular flexibility index (Phi) is 3.63. The molecule has 0 aliphatic heterocycles. The summed E-state index contributed by atoms with van der Waals surface area (Å²) < 4.78 is 0. The lowest BCUT2D eigenvalue weighted by atomic mass is 10.1. The predicted molar refractivity (Wildman–Crippen MR) is 70.5 cm³/mol. The van der Waals surface area contributed by atoms with Gasteiger partial charge in [-0.05, 0) is 36.2 Å². The lowest BCUT2D eigenvalue weighted by Crippen LogP contribution is -2.23. The zero-order valence-corrected chi connectivity index (χ0v) is 10.2. The Morgan fingerprint density at radius 1 is 1.17 bits per heavy atom. The van der Waals surface area contributed by atoms with Gasteiger partial charge >= 0.3 is 0 Å². The van der Waals surface area contributed by atoms with Gasteiger partial charge < -0.3 is 10.4 Å². The maximum Gasteiger partial charge on any atom is 0.251 e. The number of aromatic hydroxyl groups is 1. The summed E-state index contributed by atoms with van der Waals surface area (Å²) in [6.45, 7) is 2.31. The molecular formula is C15H15NO2. The van der Waals surface area contributed by atoms with E-state index in [1.165, 1.54) is 0 Å². The van der Waals surface area contributed by atoms with Gasteiger partial charge in [-0.25, -0.2) is 0 Å². The fraction of sp³-hybridized carbons (Fsp3) is 0.133. The van der Waals surface area contributed by atoms with E-state index in [1.54, 1.807) is 24.3 Å². The third kappa shape index (κ3) is 2.88. The number of nitrogens with one attached hydrogen (secondary N) is 1. The summed E-state index contributed by atoms with van der Waals surface area (Å²) in [4.78, 5) is 12.0. The van der Waals surface area contributed by atoms with Crippen molar-refractivity contribution in [1.29, 1.82) is 0 Å². The summed E-state index contributed by atoms with van der Waals surface area (Å²) >= 11 is 0. The summed E-state index contributed by atoms with van der Waals surface area (Å²) in [5, 5.41) is 12.2. The number of carbonyl (C=O) groups excluding carboxylic acids is 1. The molecule has 2 rings (SSSR count). The third-order valence-electron chi connectivity index (χ3n) is 2.75. The van der Waals surface area contributed by atoms with E-state index in [0.29, 0.717) is 12.1 Å². The minimum atomic E-state index is -0.101. The SMILES string of the molecule is Cc1ccccc1C(=O)NCc1cccc(O)c1. The lowest BCUT2D eigenvalue weighted by molar-refractivity contribution is 0.0950. The summed E-state index contributed by atoms with van der Waals surface area (Å²) in [5.74, 6) is 0.106. The van der Waals surface area contributed by atoms with Crippen LogP contribution in [0.2, 0.25) is 0 Å². The van der Waals surface area contributed by atoms with Gasteiger partial charge in [0.05, 0.1) is 0 Å². The van der Waals surface area contributed by atoms with Gasteiger partial charge in [0.1, 0.15) is 5.75 Å². The molecular weight excluding hydrogens is 226 g/mol. The molecule has 0 saturated heterocycles. The first-order chi connectivity index (χ1) is 8.66. The Hall–Kier alpha value is -2.29. The normalized spacial score (nSPS) is 10.1. The number of hydrogen-bond donors (Lipinski definition) is 2. The fourth-order valence-corrected chi connectivity index (χ4v) is 1.77. The van der Waals surface area contributed by atoms with Gasteiger partial charge in [0.15, 0.2) is 0 Å². The number of phenols is 1. The van der Waals surface area contributed by atoms with Crippen molar-refractivity contribution in [3.63, 3.8) is 0 Å². The Bertz CT molecular complexity index is 564. The summed E-state index contributed by atoms with van der Waals surface area (Å²) in [7, 11) is 0. The van der Waals surface area contributed by atoms with Gasteiger partial charge in [-0.1, -0.05) is 30.3 Å². The second kappa shape index (κ2) is 5.36. The largest absolute Gasteiger partial charge is 0.508 e. The van der Waals surface area contributed by atoms with Crippen molar-refractivity contribution in [1.82, 2.24) is 5.32 Å². The molecule has 0 aliphatic carbocycles. The average molecular weight is 241 g/mol. The van der Waals surface area contributed by atoms with Crippen LogP contribution in [0.5, 0.6) is 5.75 Å². The molecule has 1 amide bonds. The average Bonchev–Trinajstić information content (AvgIpc) is 2.37. The molecule has 2 aromatic carbocycles. The van der Waals surface area contributed by atoms with Gasteiger partial charge in [-0.2, -0.15) is 0 Å². The van der Waals surface area contributed by atoms with Crippen LogP contribution in [-0.2, 0) is 6.54 Å². The maximum absolute atomic E-state index is 12.0. The van der Waals surface area contributed by atoms with Crippen LogP contribution >= 0.6 is 0 Å². The van der Waals surface area contributed by atoms with Crippen molar-refractivity contribution in [3.8, 4) is 5.75 Å². The summed E-state index contributed by atoms with van der Waals surface area (Å²) in [6, 6.07) is 14.3. The highest BCUT2D eigenvalue weighted by Gasteiger charge is 2.07. The number of hydrogen-bond acceptors (Lipinski definition) is 2. The van der Waals surface area contributed by atoms with Crippen LogP contribution in [0.3, 0.4) is 0 Å². The predicted octanol–water partition coefficient (Wildman–Crippen LogP) is 2.63. The van der Waals surface area contributed by atoms with Gasteiger partial charge in [0.2, 0.25) is 0 Å². The molecule has 0 heterocycles. The summed E-state index contributed by atoms with van der Waals surface area (Å²) in [5.41, 5.74) is 2.50. The number of rotatable bonds is 3. The van der Waals surface area contributed by atoms with Crippen molar-refractivity contribution < 1.29 is 9.90 Å². The fourth-order valence-electron chi connectivity index (χ4n) is 1.77. The lowest BCUT2D eigenvalue weighted by Gasteiger charge is -2.07. The van der Waals surface area contributed by atoms with Crippen molar-refractivity contribution in [2.75, 3.05) is 0 Å². The molecule has 0 bridgehead atoms. The van der Waals surface area contributed by atoms with Crippen LogP contribution in [0, 0.1) is 6.92 Å². The molecule has 0 aliphatic rings. The van der Waals surface area contributed by atoms with E-state index in [4.69, 9.17) is 0 Å². The quantitative estimate of drug-likeness (QED) is 0.867. The number of benzene rings is 2. The number of carbonyl (C=O) groups is 1. The van der Waals surface area contributed by atoms with E-state index in [2.05, 4.69) is 5.32 Å². The first kappa shape index (κ1) is 12.2. The molecule has 2 N–H and O–H groups in total. The van der Waals surface area contributed by atoms with Crippen LogP contribution in [0.4, 0.5) is 0 Å². The second-order valence-electron chi connectivity index (χ2n) is 4.17. The zero-order valence-electron chi connectivity index (χ0n) is 10.2. The van der Waals surface area contributed by atoms with E-state index < -0.39 is 0 Å². The van der Waals surface area contributed by atoms with E-state index >= 15 is 0 Å². The smallest absolute Gasteiger partial charge is 0.251 e. The highest BCUT2D eigenvalue weighted by Crippen LogP contribution is 2.11. The molecule has 18 heavy (non-hydrogen) atoms. The van der Waals surface area contributed by atoms with Crippen molar-refractivity contribution in [2.24, 2.45) is 0 Å². The van der Waals surface area contributed by atoms with E-state index in [1.807, 2.05) is 31.2 Å². The number of aryl methyl sites for hydroxylation is 1. The molecule has 0 aromatic heterocycles. The molecule has 3 heteroatoms. The van der Waals surface area contributed by atoms with Gasteiger partial charge in [-0.3, -0.25) is 4.79 Å². The molecule has 0 spiro atoms. The Morgan fingerprint density at radius 2 is 1.94 bits per heavy atom. The summed E-state index contributed by atoms with van der Waals surface area (Å²) in [6.07, 6.45) is 0. The standard InChI is InChI=1S/C15H15NO2/c1-11-5-2-3-8-14(11)15(18)16-10-12-6-4-7-13(17)9-12/h2-9,17H,10H2,1H3,(H,16,18). The van der Waals surface area contributed by atoms with Gasteiger partial charge in [0, 0.05) is 12.1 Å². The van der Waals surface area contributed by atoms with Crippen LogP contribution in [0.25, 0.3) is 0 Å². The van der Waals surface area contributed by atoms with Crippen LogP contribution in [0.15, 0.2) is 48.5 Å². The van der Waals surface area contributed by atoms with E-state index in [0.717, 1.165) is 11.1 Å². The maximum atomic E-state index is 12.0. The second-order valence-corrected chi connectivity index (χ2v) is 4.17. The Labute approximate surface area is 106 Å². The number of phenolic OH excluding ortho intramolecular Hbond substituents is 1. The van der Waals surface area contributed by atoms with E-state index in [9.17, 15) is 9.90 Å². The highest BCUT2D eigenvalue weighted by molar-refractivity contribution is 5.95. The highest BCUT2D eigenvalue weighted by atomic mass is 16.3. The van der Waals surface area contributed by atoms with Gasteiger partial charge in [0.25, 0.3) is 5.91 Å². The monoisotopic (exact) mass is 241 g/mol. The minimum absolute atomic E-state index is 0.101.